The number of amides is 3. The fourth-order valence-electron chi connectivity index (χ4n) is 4.00. The van der Waals surface area contributed by atoms with Crippen molar-refractivity contribution in [1.29, 1.82) is 0 Å². The van der Waals surface area contributed by atoms with Crippen molar-refractivity contribution in [2.45, 2.75) is 38.5 Å². The summed E-state index contributed by atoms with van der Waals surface area (Å²) in [5, 5.41) is 2.89. The normalized spacial score (nSPS) is 16.7. The first-order valence-corrected chi connectivity index (χ1v) is 9.51. The summed E-state index contributed by atoms with van der Waals surface area (Å²) in [7, 11) is 0. The zero-order valence-electron chi connectivity index (χ0n) is 15.1. The van der Waals surface area contributed by atoms with Crippen LogP contribution in [-0.4, -0.2) is 17.7 Å². The highest BCUT2D eigenvalue weighted by atomic mass is 16.2. The number of benzene rings is 2. The predicted octanol–water partition coefficient (Wildman–Crippen LogP) is 4.40. The van der Waals surface area contributed by atoms with Gasteiger partial charge in [0, 0.05) is 12.1 Å². The van der Waals surface area contributed by atoms with Crippen LogP contribution in [0.25, 0.3) is 0 Å². The van der Waals surface area contributed by atoms with Crippen LogP contribution in [0.3, 0.4) is 0 Å². The highest BCUT2D eigenvalue weighted by molar-refractivity contribution is 6.34. The largest absolute Gasteiger partial charge is 0.326 e. The number of fused-ring (bicyclic) bond motifs is 1. The summed E-state index contributed by atoms with van der Waals surface area (Å²) in [6.45, 7) is 0. The van der Waals surface area contributed by atoms with E-state index in [1.807, 2.05) is 0 Å². The van der Waals surface area contributed by atoms with Crippen molar-refractivity contribution < 1.29 is 14.4 Å². The zero-order valence-corrected chi connectivity index (χ0v) is 15.1. The number of hydrogen-bond acceptors (Lipinski definition) is 3. The second-order valence-electron chi connectivity index (χ2n) is 7.28. The average Bonchev–Trinajstić information content (AvgIpc) is 3.28. The number of nitrogens with zero attached hydrogens (tertiary/aromatic N) is 1. The maximum absolute atomic E-state index is 12.6. The molecule has 4 rings (SSSR count). The molecule has 2 aliphatic rings. The second-order valence-corrected chi connectivity index (χ2v) is 7.28. The van der Waals surface area contributed by atoms with Crippen LogP contribution in [0.1, 0.15) is 59.2 Å². The molecule has 1 aliphatic carbocycles. The summed E-state index contributed by atoms with van der Waals surface area (Å²) < 4.78 is 0. The van der Waals surface area contributed by atoms with Crippen LogP contribution in [-0.2, 0) is 4.79 Å². The van der Waals surface area contributed by atoms with Crippen LogP contribution in [0, 0.1) is 5.92 Å². The van der Waals surface area contributed by atoms with Crippen LogP contribution in [0.4, 0.5) is 11.4 Å². The van der Waals surface area contributed by atoms with E-state index >= 15 is 0 Å². The minimum atomic E-state index is -0.333. The van der Waals surface area contributed by atoms with Crippen molar-refractivity contribution in [3.8, 4) is 0 Å². The Kier molecular flexibility index (Phi) is 4.75. The number of nitrogens with one attached hydrogen (secondary N) is 1. The van der Waals surface area contributed by atoms with E-state index in [0.717, 1.165) is 6.42 Å². The van der Waals surface area contributed by atoms with Gasteiger partial charge in [0.05, 0.1) is 16.8 Å². The lowest BCUT2D eigenvalue weighted by Crippen LogP contribution is -2.29. The van der Waals surface area contributed by atoms with Gasteiger partial charge in [-0.1, -0.05) is 43.9 Å². The summed E-state index contributed by atoms with van der Waals surface area (Å²) in [6.07, 6.45) is 6.42. The van der Waals surface area contributed by atoms with Crippen LogP contribution < -0.4 is 10.2 Å². The van der Waals surface area contributed by atoms with Gasteiger partial charge in [0.15, 0.2) is 0 Å². The molecule has 0 saturated heterocycles. The molecule has 2 aromatic carbocycles. The fourth-order valence-corrected chi connectivity index (χ4v) is 4.00. The van der Waals surface area contributed by atoms with Crippen molar-refractivity contribution in [3.63, 3.8) is 0 Å². The molecular weight excluding hydrogens is 340 g/mol. The third-order valence-electron chi connectivity index (χ3n) is 5.44. The van der Waals surface area contributed by atoms with Gasteiger partial charge in [-0.15, -0.1) is 0 Å². The first-order chi connectivity index (χ1) is 13.1. The molecule has 1 aliphatic heterocycles. The molecule has 0 bridgehead atoms. The van der Waals surface area contributed by atoms with E-state index in [9.17, 15) is 14.4 Å². The Morgan fingerprint density at radius 1 is 0.963 bits per heavy atom. The number of rotatable bonds is 5. The first-order valence-electron chi connectivity index (χ1n) is 9.51. The molecule has 0 radical (unpaired) electrons. The molecule has 27 heavy (non-hydrogen) atoms. The van der Waals surface area contributed by atoms with Crippen LogP contribution in [0.15, 0.2) is 48.5 Å². The van der Waals surface area contributed by atoms with Gasteiger partial charge in [0.2, 0.25) is 5.91 Å². The Hall–Kier alpha value is -2.95. The van der Waals surface area contributed by atoms with Crippen molar-refractivity contribution in [3.05, 3.63) is 59.7 Å². The Bertz CT molecular complexity index is 865. The Labute approximate surface area is 158 Å². The summed E-state index contributed by atoms with van der Waals surface area (Å²) >= 11 is 0. The predicted molar refractivity (Wildman–Crippen MR) is 104 cm³/mol. The molecule has 1 heterocycles. The minimum absolute atomic E-state index is 0.0265. The standard InChI is InChI=1S/C22H22N2O3/c25-20(13-12-15-6-1-2-7-15)23-16-8-5-9-17(14-16)24-21(26)18-10-3-4-11-19(18)22(24)27/h3-5,8-11,14-15H,1-2,6-7,12-13H2,(H,23,25). The number of imide groups is 1. The van der Waals surface area contributed by atoms with Gasteiger partial charge in [-0.05, 0) is 42.7 Å². The highest BCUT2D eigenvalue weighted by Crippen LogP contribution is 2.30. The van der Waals surface area contributed by atoms with Crippen molar-refractivity contribution in [2.24, 2.45) is 5.92 Å². The smallest absolute Gasteiger partial charge is 0.266 e. The lowest BCUT2D eigenvalue weighted by atomic mass is 10.0. The van der Waals surface area contributed by atoms with E-state index in [1.54, 1.807) is 48.5 Å². The molecule has 0 spiro atoms. The third-order valence-corrected chi connectivity index (χ3v) is 5.44. The van der Waals surface area contributed by atoms with E-state index in [0.29, 0.717) is 34.8 Å². The molecule has 0 atom stereocenters. The van der Waals surface area contributed by atoms with Gasteiger partial charge in [0.1, 0.15) is 0 Å². The van der Waals surface area contributed by atoms with Gasteiger partial charge >= 0.3 is 0 Å². The molecule has 1 fully saturated rings. The van der Waals surface area contributed by atoms with Gasteiger partial charge in [-0.25, -0.2) is 4.90 Å². The molecule has 3 amide bonds. The number of anilines is 2. The van der Waals surface area contributed by atoms with Gasteiger partial charge in [-0.2, -0.15) is 0 Å². The summed E-state index contributed by atoms with van der Waals surface area (Å²) in [4.78, 5) is 38.6. The summed E-state index contributed by atoms with van der Waals surface area (Å²) in [6, 6.07) is 13.7. The van der Waals surface area contributed by atoms with E-state index in [1.165, 1.54) is 30.6 Å². The SMILES string of the molecule is O=C(CCC1CCCC1)Nc1cccc(N2C(=O)c3ccccc3C2=O)c1. The van der Waals surface area contributed by atoms with Gasteiger partial charge < -0.3 is 5.32 Å². The monoisotopic (exact) mass is 362 g/mol. The second kappa shape index (κ2) is 7.35. The molecular formula is C22H22N2O3. The van der Waals surface area contributed by atoms with Crippen molar-refractivity contribution in [2.75, 3.05) is 10.2 Å². The van der Waals surface area contributed by atoms with E-state index in [2.05, 4.69) is 5.32 Å². The van der Waals surface area contributed by atoms with E-state index < -0.39 is 0 Å². The molecule has 1 N–H and O–H groups in total. The molecule has 5 nitrogen and oxygen atoms in total. The molecule has 5 heteroatoms. The Morgan fingerprint density at radius 3 is 2.30 bits per heavy atom. The highest BCUT2D eigenvalue weighted by Gasteiger charge is 2.36. The maximum atomic E-state index is 12.6. The molecule has 0 aromatic heterocycles. The first kappa shape index (κ1) is 17.5. The minimum Gasteiger partial charge on any atom is -0.326 e. The van der Waals surface area contributed by atoms with Gasteiger partial charge in [-0.3, -0.25) is 14.4 Å². The van der Waals surface area contributed by atoms with Crippen LogP contribution >= 0.6 is 0 Å². The summed E-state index contributed by atoms with van der Waals surface area (Å²) in [5.74, 6) is -0.0255. The topological polar surface area (TPSA) is 66.5 Å². The van der Waals surface area contributed by atoms with Crippen LogP contribution in [0.2, 0.25) is 0 Å². The average molecular weight is 362 g/mol. The van der Waals surface area contributed by atoms with E-state index in [4.69, 9.17) is 0 Å². The van der Waals surface area contributed by atoms with Crippen LogP contribution in [0.5, 0.6) is 0 Å². The Balaban J connectivity index is 1.46. The lowest BCUT2D eigenvalue weighted by molar-refractivity contribution is -0.116. The lowest BCUT2D eigenvalue weighted by Gasteiger charge is -2.15. The maximum Gasteiger partial charge on any atom is 0.266 e. The van der Waals surface area contributed by atoms with Crippen molar-refractivity contribution in [1.82, 2.24) is 0 Å². The molecule has 2 aromatic rings. The molecule has 138 valence electrons. The number of hydrogen-bond donors (Lipinski definition) is 1. The number of carbonyl (C=O) groups is 3. The van der Waals surface area contributed by atoms with E-state index in [-0.39, 0.29) is 17.7 Å². The van der Waals surface area contributed by atoms with Gasteiger partial charge in [0.25, 0.3) is 11.8 Å². The number of carbonyl (C=O) groups excluding carboxylic acids is 3. The molecule has 0 unspecified atom stereocenters. The quantitative estimate of drug-likeness (QED) is 0.802. The van der Waals surface area contributed by atoms with Crippen molar-refractivity contribution >= 4 is 29.1 Å². The molecule has 1 saturated carbocycles. The summed E-state index contributed by atoms with van der Waals surface area (Å²) in [5.41, 5.74) is 1.89. The fraction of sp³-hybridized carbons (Fsp3) is 0.318. The Morgan fingerprint density at radius 2 is 1.63 bits per heavy atom. The zero-order chi connectivity index (χ0) is 18.8. The third kappa shape index (κ3) is 3.50.